The summed E-state index contributed by atoms with van der Waals surface area (Å²) in [6.45, 7) is 6.88. The molecule has 2 rings (SSSR count). The monoisotopic (exact) mass is 258 g/mol. The van der Waals surface area contributed by atoms with E-state index in [0.717, 1.165) is 6.54 Å². The molecule has 0 saturated heterocycles. The Hall–Kier alpha value is -1.89. The van der Waals surface area contributed by atoms with Gasteiger partial charge < -0.3 is 4.90 Å². The van der Waals surface area contributed by atoms with Crippen LogP contribution in [0, 0.1) is 11.3 Å². The predicted octanol–water partition coefficient (Wildman–Crippen LogP) is 3.82. The van der Waals surface area contributed by atoms with E-state index in [0.29, 0.717) is 17.2 Å². The number of hydrogen-bond donors (Lipinski definition) is 0. The maximum atomic E-state index is 12.7. The highest BCUT2D eigenvalue weighted by molar-refractivity contribution is 6.00. The van der Waals surface area contributed by atoms with Gasteiger partial charge in [-0.25, -0.2) is 0 Å². The number of diazo groups is 1. The maximum Gasteiger partial charge on any atom is 0.397 e. The summed E-state index contributed by atoms with van der Waals surface area (Å²) in [5.41, 5.74) is 0.556. The second kappa shape index (κ2) is 5.00. The molecule has 0 bridgehead atoms. The Labute approximate surface area is 114 Å². The van der Waals surface area contributed by atoms with Crippen LogP contribution in [0.25, 0.3) is 4.98 Å². The Morgan fingerprint density at radius 3 is 2.53 bits per heavy atom. The van der Waals surface area contributed by atoms with E-state index in [-0.39, 0.29) is 11.4 Å². The SMILES string of the molecule is CC(C)(C)N(CC1CC1)C(=O)c1ccccc1[N+]#N. The fraction of sp³-hybridized carbons (Fsp3) is 0.533. The number of carbonyl (C=O) groups excluding carboxylic acids is 1. The van der Waals surface area contributed by atoms with Gasteiger partial charge in [0.15, 0.2) is 4.98 Å². The smallest absolute Gasteiger partial charge is 0.333 e. The lowest BCUT2D eigenvalue weighted by molar-refractivity contribution is 0.0569. The van der Waals surface area contributed by atoms with Gasteiger partial charge in [-0.1, -0.05) is 12.1 Å². The molecule has 0 atom stereocenters. The van der Waals surface area contributed by atoms with Crippen LogP contribution < -0.4 is 0 Å². The average molecular weight is 258 g/mol. The largest absolute Gasteiger partial charge is 0.397 e. The highest BCUT2D eigenvalue weighted by Gasteiger charge is 2.35. The lowest BCUT2D eigenvalue weighted by atomic mass is 10.0. The number of nitrogens with zero attached hydrogens (tertiary/aromatic N) is 3. The molecule has 4 heteroatoms. The van der Waals surface area contributed by atoms with Gasteiger partial charge in [0.05, 0.1) is 0 Å². The van der Waals surface area contributed by atoms with Crippen LogP contribution >= 0.6 is 0 Å². The average Bonchev–Trinajstić information content (AvgIpc) is 3.17. The van der Waals surface area contributed by atoms with E-state index in [9.17, 15) is 4.79 Å². The van der Waals surface area contributed by atoms with Crippen molar-refractivity contribution in [2.75, 3.05) is 6.54 Å². The molecule has 0 radical (unpaired) electrons. The van der Waals surface area contributed by atoms with Crippen molar-refractivity contribution in [1.29, 1.82) is 5.39 Å². The molecule has 0 unspecified atom stereocenters. The fourth-order valence-electron chi connectivity index (χ4n) is 2.11. The number of hydrogen-bond acceptors (Lipinski definition) is 2. The van der Waals surface area contributed by atoms with Crippen molar-refractivity contribution in [3.05, 3.63) is 34.8 Å². The Kier molecular flexibility index (Phi) is 3.57. The molecule has 0 aromatic heterocycles. The van der Waals surface area contributed by atoms with Gasteiger partial charge in [-0.15, -0.1) is 0 Å². The van der Waals surface area contributed by atoms with Gasteiger partial charge in [0.1, 0.15) is 5.56 Å². The van der Waals surface area contributed by atoms with Gasteiger partial charge in [0.2, 0.25) is 5.39 Å². The molecule has 0 heterocycles. The first-order chi connectivity index (χ1) is 8.93. The molecule has 19 heavy (non-hydrogen) atoms. The number of carbonyl (C=O) groups is 1. The van der Waals surface area contributed by atoms with Gasteiger partial charge in [0.25, 0.3) is 5.91 Å². The Bertz CT molecular complexity index is 521. The Morgan fingerprint density at radius 1 is 1.37 bits per heavy atom. The number of benzene rings is 1. The molecule has 1 amide bonds. The Balaban J connectivity index is 2.30. The molecular weight excluding hydrogens is 238 g/mol. The molecule has 1 aromatic carbocycles. The molecule has 0 N–H and O–H groups in total. The van der Waals surface area contributed by atoms with E-state index in [1.54, 1.807) is 24.3 Å². The summed E-state index contributed by atoms with van der Waals surface area (Å²) in [6.07, 6.45) is 2.40. The first-order valence-electron chi connectivity index (χ1n) is 6.69. The van der Waals surface area contributed by atoms with E-state index < -0.39 is 0 Å². The van der Waals surface area contributed by atoms with Gasteiger partial charge in [-0.05, 0) is 45.6 Å². The van der Waals surface area contributed by atoms with Crippen LogP contribution in [0.3, 0.4) is 0 Å². The van der Waals surface area contributed by atoms with E-state index in [1.165, 1.54) is 12.8 Å². The van der Waals surface area contributed by atoms with Crippen molar-refractivity contribution in [2.45, 2.75) is 39.2 Å². The van der Waals surface area contributed by atoms with E-state index in [1.807, 2.05) is 25.7 Å². The van der Waals surface area contributed by atoms with Crippen molar-refractivity contribution < 1.29 is 4.79 Å². The third-order valence-electron chi connectivity index (χ3n) is 3.43. The van der Waals surface area contributed by atoms with Crippen LogP contribution in [-0.4, -0.2) is 22.9 Å². The van der Waals surface area contributed by atoms with Gasteiger partial charge in [-0.3, -0.25) is 4.79 Å². The topological polar surface area (TPSA) is 48.5 Å². The molecule has 0 aliphatic heterocycles. The van der Waals surface area contributed by atoms with Gasteiger partial charge in [0, 0.05) is 18.2 Å². The minimum Gasteiger partial charge on any atom is -0.333 e. The maximum absolute atomic E-state index is 12.7. The highest BCUT2D eigenvalue weighted by Crippen LogP contribution is 2.33. The third-order valence-corrected chi connectivity index (χ3v) is 3.43. The minimum atomic E-state index is -0.234. The predicted molar refractivity (Wildman–Crippen MR) is 74.7 cm³/mol. The highest BCUT2D eigenvalue weighted by atomic mass is 16.2. The molecule has 4 nitrogen and oxygen atoms in total. The number of rotatable bonds is 3. The van der Waals surface area contributed by atoms with Crippen molar-refractivity contribution in [3.8, 4) is 0 Å². The molecule has 1 aromatic rings. The number of amides is 1. The second-order valence-corrected chi connectivity index (χ2v) is 6.15. The first kappa shape index (κ1) is 13.5. The van der Waals surface area contributed by atoms with Gasteiger partial charge >= 0.3 is 5.69 Å². The lowest BCUT2D eigenvalue weighted by Crippen LogP contribution is -2.46. The molecule has 100 valence electrons. The molecule has 0 spiro atoms. The summed E-state index contributed by atoms with van der Waals surface area (Å²) in [7, 11) is 0. The molecule has 1 aliphatic carbocycles. The lowest BCUT2D eigenvalue weighted by Gasteiger charge is -2.35. The quantitative estimate of drug-likeness (QED) is 0.774. The standard InChI is InChI=1S/C15H20N3O/c1-15(2,3)18(10-11-8-9-11)14(19)12-6-4-5-7-13(12)17-16/h4-7,11H,8-10H2,1-3H3/q+1. The first-order valence-corrected chi connectivity index (χ1v) is 6.69. The third kappa shape index (κ3) is 3.11. The van der Waals surface area contributed by atoms with Crippen LogP contribution in [-0.2, 0) is 0 Å². The van der Waals surface area contributed by atoms with Crippen LogP contribution in [0.2, 0.25) is 0 Å². The molecule has 1 aliphatic rings. The van der Waals surface area contributed by atoms with E-state index >= 15 is 0 Å². The minimum absolute atomic E-state index is 0.0622. The Morgan fingerprint density at radius 2 is 2.00 bits per heavy atom. The van der Waals surface area contributed by atoms with E-state index in [4.69, 9.17) is 5.39 Å². The van der Waals surface area contributed by atoms with E-state index in [2.05, 4.69) is 4.98 Å². The fourth-order valence-corrected chi connectivity index (χ4v) is 2.11. The summed E-state index contributed by atoms with van der Waals surface area (Å²) >= 11 is 0. The molecular formula is C15H20N3O+. The van der Waals surface area contributed by atoms with Crippen molar-refractivity contribution >= 4 is 11.6 Å². The summed E-state index contributed by atoms with van der Waals surface area (Å²) in [6, 6.07) is 6.91. The van der Waals surface area contributed by atoms with Crippen molar-refractivity contribution in [1.82, 2.24) is 4.90 Å². The summed E-state index contributed by atoms with van der Waals surface area (Å²) in [5.74, 6) is 0.564. The van der Waals surface area contributed by atoms with Crippen LogP contribution in [0.4, 0.5) is 5.69 Å². The van der Waals surface area contributed by atoms with Crippen molar-refractivity contribution in [3.63, 3.8) is 0 Å². The summed E-state index contributed by atoms with van der Waals surface area (Å²) in [5, 5.41) is 9.00. The van der Waals surface area contributed by atoms with Crippen LogP contribution in [0.1, 0.15) is 44.0 Å². The normalized spacial score (nSPS) is 14.8. The molecule has 1 fully saturated rings. The van der Waals surface area contributed by atoms with Crippen LogP contribution in [0.15, 0.2) is 24.3 Å². The van der Waals surface area contributed by atoms with Gasteiger partial charge in [-0.2, -0.15) is 0 Å². The zero-order chi connectivity index (χ0) is 14.0. The van der Waals surface area contributed by atoms with Crippen molar-refractivity contribution in [2.24, 2.45) is 5.92 Å². The zero-order valence-corrected chi connectivity index (χ0v) is 11.8. The second-order valence-electron chi connectivity index (χ2n) is 6.15. The van der Waals surface area contributed by atoms with Crippen LogP contribution in [0.5, 0.6) is 0 Å². The molecule has 1 saturated carbocycles. The summed E-state index contributed by atoms with van der Waals surface area (Å²) in [4.78, 5) is 17.8. The zero-order valence-electron chi connectivity index (χ0n) is 11.8. The summed E-state index contributed by atoms with van der Waals surface area (Å²) < 4.78 is 0.